The molecule has 1 aromatic carbocycles. The third-order valence-electron chi connectivity index (χ3n) is 4.74. The van der Waals surface area contributed by atoms with E-state index in [1.54, 1.807) is 13.2 Å². The lowest BCUT2D eigenvalue weighted by Gasteiger charge is -2.35. The summed E-state index contributed by atoms with van der Waals surface area (Å²) in [5.41, 5.74) is 0.975. The van der Waals surface area contributed by atoms with Crippen LogP contribution in [0, 0.1) is 0 Å². The summed E-state index contributed by atoms with van der Waals surface area (Å²) in [5.74, 6) is 0.631. The van der Waals surface area contributed by atoms with E-state index in [2.05, 4.69) is 9.62 Å². The molecule has 26 heavy (non-hydrogen) atoms. The van der Waals surface area contributed by atoms with E-state index >= 15 is 0 Å². The van der Waals surface area contributed by atoms with Crippen molar-refractivity contribution in [2.24, 2.45) is 0 Å². The number of nitrogens with one attached hydrogen (secondary N) is 1. The molecule has 0 bridgehead atoms. The van der Waals surface area contributed by atoms with Gasteiger partial charge in [-0.05, 0) is 37.1 Å². The zero-order valence-corrected chi connectivity index (χ0v) is 15.8. The summed E-state index contributed by atoms with van der Waals surface area (Å²) in [4.78, 5) is 14.2. The number of hydrogen-bond donors (Lipinski definition) is 1. The summed E-state index contributed by atoms with van der Waals surface area (Å²) < 4.78 is 36.0. The van der Waals surface area contributed by atoms with E-state index in [4.69, 9.17) is 9.15 Å². The average Bonchev–Trinajstić information content (AvgIpc) is 2.59. The molecule has 1 fully saturated rings. The van der Waals surface area contributed by atoms with Crippen molar-refractivity contribution in [1.29, 1.82) is 0 Å². The lowest BCUT2D eigenvalue weighted by Crippen LogP contribution is -2.46. The van der Waals surface area contributed by atoms with Gasteiger partial charge >= 0.3 is 5.63 Å². The molecule has 1 aromatic heterocycles. The number of methoxy groups -OCH3 is 1. The highest BCUT2D eigenvalue weighted by atomic mass is 32.2. The average molecular weight is 380 g/mol. The fourth-order valence-electron chi connectivity index (χ4n) is 3.43. The molecule has 0 radical (unpaired) electrons. The molecule has 0 aliphatic carbocycles. The third kappa shape index (κ3) is 4.63. The Kier molecular flexibility index (Phi) is 5.64. The minimum atomic E-state index is -3.22. The Hall–Kier alpha value is -1.90. The maximum absolute atomic E-state index is 12.0. The molecule has 142 valence electrons. The van der Waals surface area contributed by atoms with Crippen LogP contribution in [0.15, 0.2) is 33.5 Å². The second-order valence-corrected chi connectivity index (χ2v) is 8.53. The summed E-state index contributed by atoms with van der Waals surface area (Å²) in [7, 11) is -1.66. The fourth-order valence-corrected chi connectivity index (χ4v) is 3.93. The second-order valence-electron chi connectivity index (χ2n) is 6.69. The van der Waals surface area contributed by atoms with Crippen LogP contribution in [-0.2, 0) is 16.6 Å². The van der Waals surface area contributed by atoms with Gasteiger partial charge in [0.05, 0.1) is 13.4 Å². The van der Waals surface area contributed by atoms with Gasteiger partial charge in [-0.3, -0.25) is 4.90 Å². The molecule has 0 saturated carbocycles. The van der Waals surface area contributed by atoms with Crippen molar-refractivity contribution in [3.63, 3.8) is 0 Å². The quantitative estimate of drug-likeness (QED) is 0.768. The van der Waals surface area contributed by atoms with Gasteiger partial charge in [-0.1, -0.05) is 6.42 Å². The summed E-state index contributed by atoms with van der Waals surface area (Å²) in [6.45, 7) is 1.82. The van der Waals surface area contributed by atoms with E-state index in [-0.39, 0.29) is 6.04 Å². The van der Waals surface area contributed by atoms with E-state index in [0.29, 0.717) is 24.4 Å². The normalized spacial score (nSPS) is 18.9. The van der Waals surface area contributed by atoms with E-state index in [0.717, 1.165) is 36.8 Å². The van der Waals surface area contributed by atoms with Crippen molar-refractivity contribution in [3.8, 4) is 5.75 Å². The molecule has 0 spiro atoms. The van der Waals surface area contributed by atoms with Crippen molar-refractivity contribution < 1.29 is 17.6 Å². The summed E-state index contributed by atoms with van der Waals surface area (Å²) >= 11 is 0. The number of benzene rings is 1. The Morgan fingerprint density at radius 2 is 2.12 bits per heavy atom. The third-order valence-corrected chi connectivity index (χ3v) is 5.43. The van der Waals surface area contributed by atoms with Crippen molar-refractivity contribution in [2.75, 3.05) is 26.5 Å². The van der Waals surface area contributed by atoms with Crippen LogP contribution in [0.25, 0.3) is 11.0 Å². The first-order valence-electron chi connectivity index (χ1n) is 8.65. The van der Waals surface area contributed by atoms with Gasteiger partial charge in [-0.15, -0.1) is 0 Å². The molecule has 1 unspecified atom stereocenters. The summed E-state index contributed by atoms with van der Waals surface area (Å²) in [5, 5.41) is 0.866. The minimum absolute atomic E-state index is 0.110. The molecule has 8 heteroatoms. The molecular formula is C18H24N2O5S. The van der Waals surface area contributed by atoms with Crippen LogP contribution >= 0.6 is 0 Å². The van der Waals surface area contributed by atoms with Crippen LogP contribution in [0.5, 0.6) is 5.75 Å². The number of likely N-dealkylation sites (tertiary alicyclic amines) is 1. The first-order chi connectivity index (χ1) is 12.4. The van der Waals surface area contributed by atoms with E-state index in [9.17, 15) is 13.2 Å². The highest BCUT2D eigenvalue weighted by Crippen LogP contribution is 2.25. The van der Waals surface area contributed by atoms with Crippen LogP contribution in [-0.4, -0.2) is 45.8 Å². The van der Waals surface area contributed by atoms with Gasteiger partial charge < -0.3 is 9.15 Å². The van der Waals surface area contributed by atoms with Crippen LogP contribution in [0.3, 0.4) is 0 Å². The van der Waals surface area contributed by atoms with Crippen molar-refractivity contribution in [1.82, 2.24) is 9.62 Å². The van der Waals surface area contributed by atoms with Gasteiger partial charge in [-0.25, -0.2) is 17.9 Å². The topological polar surface area (TPSA) is 88.9 Å². The van der Waals surface area contributed by atoms with Crippen molar-refractivity contribution in [3.05, 3.63) is 40.2 Å². The first kappa shape index (κ1) is 18.9. The number of sulfonamides is 1. The smallest absolute Gasteiger partial charge is 0.336 e. The zero-order valence-electron chi connectivity index (χ0n) is 15.0. The lowest BCUT2D eigenvalue weighted by atomic mass is 10.0. The molecule has 2 heterocycles. The summed E-state index contributed by atoms with van der Waals surface area (Å²) in [6.07, 6.45) is 4.23. The maximum atomic E-state index is 12.0. The number of ether oxygens (including phenoxy) is 1. The number of fused-ring (bicyclic) bond motifs is 1. The molecule has 1 N–H and O–H groups in total. The molecular weight excluding hydrogens is 356 g/mol. The van der Waals surface area contributed by atoms with Crippen LogP contribution in [0.1, 0.15) is 24.8 Å². The Morgan fingerprint density at radius 1 is 1.31 bits per heavy atom. The van der Waals surface area contributed by atoms with E-state index < -0.39 is 15.6 Å². The van der Waals surface area contributed by atoms with Crippen LogP contribution in [0.2, 0.25) is 0 Å². The van der Waals surface area contributed by atoms with E-state index in [1.807, 2.05) is 12.1 Å². The zero-order chi connectivity index (χ0) is 18.7. The Labute approximate surface area is 153 Å². The van der Waals surface area contributed by atoms with Gasteiger partial charge in [0.25, 0.3) is 0 Å². The van der Waals surface area contributed by atoms with Crippen LogP contribution in [0.4, 0.5) is 0 Å². The highest BCUT2D eigenvalue weighted by Gasteiger charge is 2.24. The van der Waals surface area contributed by atoms with Crippen molar-refractivity contribution in [2.45, 2.75) is 31.8 Å². The number of rotatable bonds is 6. The standard InChI is InChI=1S/C18H24N2O5S/c1-24-15-6-7-16-13(9-18(21)25-17(16)10-15)12-20-8-4-3-5-14(20)11-19-26(2,22)23/h6-7,9-10,14,19H,3-5,8,11-12H2,1-2H3. The largest absolute Gasteiger partial charge is 0.497 e. The Morgan fingerprint density at radius 3 is 2.85 bits per heavy atom. The predicted molar refractivity (Wildman–Crippen MR) is 99.9 cm³/mol. The van der Waals surface area contributed by atoms with Gasteiger partial charge in [0, 0.05) is 36.7 Å². The van der Waals surface area contributed by atoms with Gasteiger partial charge in [0.2, 0.25) is 10.0 Å². The molecule has 7 nitrogen and oxygen atoms in total. The molecule has 1 aliphatic rings. The molecule has 1 atom stereocenters. The molecule has 1 saturated heterocycles. The Balaban J connectivity index is 1.87. The number of hydrogen-bond acceptors (Lipinski definition) is 6. The minimum Gasteiger partial charge on any atom is -0.497 e. The highest BCUT2D eigenvalue weighted by molar-refractivity contribution is 7.88. The molecule has 0 amide bonds. The predicted octanol–water partition coefficient (Wildman–Crippen LogP) is 1.71. The monoisotopic (exact) mass is 380 g/mol. The number of nitrogens with zero attached hydrogens (tertiary/aromatic N) is 1. The van der Waals surface area contributed by atoms with Gasteiger partial charge in [0.1, 0.15) is 11.3 Å². The lowest BCUT2D eigenvalue weighted by molar-refractivity contribution is 0.142. The maximum Gasteiger partial charge on any atom is 0.336 e. The number of piperidine rings is 1. The second kappa shape index (κ2) is 7.77. The summed E-state index contributed by atoms with van der Waals surface area (Å²) in [6, 6.07) is 7.06. The molecule has 1 aliphatic heterocycles. The molecule has 2 aromatic rings. The van der Waals surface area contributed by atoms with Gasteiger partial charge in [0.15, 0.2) is 0 Å². The SMILES string of the molecule is COc1ccc2c(CN3CCCCC3CNS(C)(=O)=O)cc(=O)oc2c1. The van der Waals surface area contributed by atoms with Gasteiger partial charge in [-0.2, -0.15) is 0 Å². The Bertz CT molecular complexity index is 938. The molecule has 3 rings (SSSR count). The van der Waals surface area contributed by atoms with Crippen LogP contribution < -0.4 is 15.1 Å². The first-order valence-corrected chi connectivity index (χ1v) is 10.5. The fraction of sp³-hybridized carbons (Fsp3) is 0.500. The van der Waals surface area contributed by atoms with Crippen molar-refractivity contribution >= 4 is 21.0 Å². The van der Waals surface area contributed by atoms with E-state index in [1.165, 1.54) is 12.3 Å².